The number of aliphatic hydroxyl groups is 3. The molecule has 1 amide bonds. The summed E-state index contributed by atoms with van der Waals surface area (Å²) in [6, 6.07) is 14.8. The summed E-state index contributed by atoms with van der Waals surface area (Å²) in [5.74, 6) is -1.39. The van der Waals surface area contributed by atoms with E-state index in [1.54, 1.807) is 30.4 Å². The van der Waals surface area contributed by atoms with Crippen LogP contribution in [0.4, 0.5) is 5.69 Å². The van der Waals surface area contributed by atoms with Crippen molar-refractivity contribution in [3.63, 3.8) is 0 Å². The maximum absolute atomic E-state index is 13.7. The number of amides is 1. The van der Waals surface area contributed by atoms with Crippen LogP contribution in [0, 0.1) is 0 Å². The Balaban J connectivity index is 1.02. The highest BCUT2D eigenvalue weighted by Gasteiger charge is 2.48. The number of benzene rings is 3. The van der Waals surface area contributed by atoms with Gasteiger partial charge in [0, 0.05) is 36.9 Å². The molecule has 0 aromatic heterocycles. The number of carbonyl (C=O) groups is 3. The Kier molecular flexibility index (Phi) is 10.8. The molecule has 15 heteroatoms. The lowest BCUT2D eigenvalue weighted by Gasteiger charge is -2.38. The molecule has 0 spiro atoms. The zero-order valence-electron chi connectivity index (χ0n) is 28.2. The molecule has 0 aliphatic carbocycles. The molecule has 1 saturated heterocycles. The first-order valence-electron chi connectivity index (χ1n) is 16.5. The standard InChI is InChI=1S/C37H38N2O13/c1-48-24-9-6-19(7-10-24)22-12-23-16-38-27-13-20(29(49-2)15-26(27)35(45)39(23)17-22)4-3-5-30(41)50-18-21-8-11-25(14-28(21)40)51-37-33(44)31(42)32(43)34(52-37)36(46)47/h6-11,13-17,23,31-34,37,40,42-44H,3-5,12,18H2,1-2H3,(H,46,47)/t23?,31-,32-,33+,34-,37+/m0/s1. The van der Waals surface area contributed by atoms with E-state index in [0.717, 1.165) is 28.5 Å². The SMILES string of the molecule is COc1ccc(C2=CN3C(=O)c4cc(OC)c(CCCC(=O)OCc5ccc(O[C@@H]6O[C@H](C(=O)O)[C@@H](O)[C@H](O)[C@H]6O)cc5O)cc4N=CC3C2)cc1. The Hall–Kier alpha value is -5.48. The lowest BCUT2D eigenvalue weighted by Crippen LogP contribution is -2.61. The number of ether oxygens (including phenoxy) is 5. The molecule has 52 heavy (non-hydrogen) atoms. The topological polar surface area (TPSA) is 214 Å². The van der Waals surface area contributed by atoms with Crippen LogP contribution in [0.2, 0.25) is 0 Å². The summed E-state index contributed by atoms with van der Waals surface area (Å²) in [6.45, 7) is -0.259. The molecular weight excluding hydrogens is 680 g/mol. The van der Waals surface area contributed by atoms with E-state index in [1.165, 1.54) is 19.2 Å². The van der Waals surface area contributed by atoms with Gasteiger partial charge >= 0.3 is 11.9 Å². The summed E-state index contributed by atoms with van der Waals surface area (Å²) < 4.78 is 26.7. The van der Waals surface area contributed by atoms with Gasteiger partial charge in [-0.05, 0) is 65.9 Å². The van der Waals surface area contributed by atoms with E-state index in [9.17, 15) is 39.9 Å². The zero-order chi connectivity index (χ0) is 37.1. The molecule has 3 aliphatic heterocycles. The van der Waals surface area contributed by atoms with Crippen LogP contribution in [0.25, 0.3) is 5.57 Å². The largest absolute Gasteiger partial charge is 0.507 e. The molecule has 274 valence electrons. The predicted octanol–water partition coefficient (Wildman–Crippen LogP) is 2.72. The van der Waals surface area contributed by atoms with Gasteiger partial charge in [-0.3, -0.25) is 14.6 Å². The van der Waals surface area contributed by atoms with Crippen LogP contribution in [0.5, 0.6) is 23.0 Å². The van der Waals surface area contributed by atoms with Crippen LogP contribution in [0.3, 0.4) is 0 Å². The number of hydrogen-bond acceptors (Lipinski definition) is 13. The smallest absolute Gasteiger partial charge is 0.335 e. The molecule has 3 aromatic rings. The van der Waals surface area contributed by atoms with E-state index in [0.29, 0.717) is 36.3 Å². The molecule has 3 heterocycles. The fourth-order valence-electron chi connectivity index (χ4n) is 6.23. The molecule has 6 atom stereocenters. The van der Waals surface area contributed by atoms with Crippen LogP contribution in [-0.4, -0.2) is 105 Å². The molecule has 3 aliphatic rings. The van der Waals surface area contributed by atoms with Crippen LogP contribution < -0.4 is 14.2 Å². The minimum atomic E-state index is -1.88. The molecule has 3 aromatic carbocycles. The number of aliphatic imine (C=N–C) groups is 1. The lowest BCUT2D eigenvalue weighted by molar-refractivity contribution is -0.271. The van der Waals surface area contributed by atoms with Gasteiger partial charge in [-0.2, -0.15) is 0 Å². The van der Waals surface area contributed by atoms with E-state index in [-0.39, 0.29) is 42.0 Å². The Labute approximate surface area is 297 Å². The number of phenols is 1. The Morgan fingerprint density at radius 3 is 2.38 bits per heavy atom. The van der Waals surface area contributed by atoms with Crippen molar-refractivity contribution in [1.29, 1.82) is 0 Å². The number of rotatable bonds is 12. The third-order valence-corrected chi connectivity index (χ3v) is 9.13. The Morgan fingerprint density at radius 1 is 0.942 bits per heavy atom. The Bertz CT molecular complexity index is 1890. The lowest BCUT2D eigenvalue weighted by atomic mass is 9.99. The molecule has 0 bridgehead atoms. The third kappa shape index (κ3) is 7.57. The van der Waals surface area contributed by atoms with E-state index in [2.05, 4.69) is 4.99 Å². The second kappa shape index (κ2) is 15.4. The summed E-state index contributed by atoms with van der Waals surface area (Å²) in [4.78, 5) is 43.9. The fourth-order valence-corrected chi connectivity index (χ4v) is 6.23. The van der Waals surface area contributed by atoms with Crippen molar-refractivity contribution < 1.29 is 63.6 Å². The van der Waals surface area contributed by atoms with Gasteiger partial charge < -0.3 is 54.1 Å². The maximum atomic E-state index is 13.7. The highest BCUT2D eigenvalue weighted by Crippen LogP contribution is 2.38. The van der Waals surface area contributed by atoms with Crippen molar-refractivity contribution in [2.24, 2.45) is 4.99 Å². The summed E-state index contributed by atoms with van der Waals surface area (Å²) in [6.07, 6.45) is -3.86. The summed E-state index contributed by atoms with van der Waals surface area (Å²) in [7, 11) is 3.12. The zero-order valence-corrected chi connectivity index (χ0v) is 28.2. The van der Waals surface area contributed by atoms with Crippen molar-refractivity contribution in [2.45, 2.75) is 69.0 Å². The number of aryl methyl sites for hydroxylation is 1. The first-order valence-corrected chi connectivity index (χ1v) is 16.5. The van der Waals surface area contributed by atoms with Crippen LogP contribution >= 0.6 is 0 Å². The van der Waals surface area contributed by atoms with E-state index in [1.807, 2.05) is 30.5 Å². The second-order valence-electron chi connectivity index (χ2n) is 12.5. The highest BCUT2D eigenvalue weighted by molar-refractivity contribution is 6.05. The summed E-state index contributed by atoms with van der Waals surface area (Å²) in [5, 5.41) is 49.7. The van der Waals surface area contributed by atoms with Gasteiger partial charge in [0.05, 0.1) is 31.5 Å². The van der Waals surface area contributed by atoms with Gasteiger partial charge in [0.15, 0.2) is 6.10 Å². The van der Waals surface area contributed by atoms with E-state index < -0.39 is 42.6 Å². The Morgan fingerprint density at radius 2 is 1.69 bits per heavy atom. The van der Waals surface area contributed by atoms with Crippen LogP contribution in [0.15, 0.2) is 65.8 Å². The normalized spacial score (nSPS) is 23.6. The first-order chi connectivity index (χ1) is 25.0. The molecular formula is C37H38N2O13. The summed E-state index contributed by atoms with van der Waals surface area (Å²) >= 11 is 0. The molecule has 6 rings (SSSR count). The molecule has 15 nitrogen and oxygen atoms in total. The van der Waals surface area contributed by atoms with Gasteiger partial charge in [0.2, 0.25) is 6.29 Å². The number of phenolic OH excluding ortho intramolecular Hbond substituents is 1. The molecule has 1 fully saturated rings. The number of aliphatic hydroxyl groups excluding tert-OH is 3. The first kappa shape index (κ1) is 36.3. The molecule has 0 saturated carbocycles. The van der Waals surface area contributed by atoms with E-state index in [4.69, 9.17) is 23.7 Å². The van der Waals surface area contributed by atoms with Gasteiger partial charge in [0.1, 0.15) is 47.9 Å². The van der Waals surface area contributed by atoms with Crippen LogP contribution in [0.1, 0.15) is 46.3 Å². The average Bonchev–Trinajstić information content (AvgIpc) is 3.52. The van der Waals surface area contributed by atoms with Crippen molar-refractivity contribution in [3.05, 3.63) is 83.1 Å². The van der Waals surface area contributed by atoms with E-state index >= 15 is 0 Å². The van der Waals surface area contributed by atoms with Crippen molar-refractivity contribution >= 4 is 35.3 Å². The highest BCUT2D eigenvalue weighted by atomic mass is 16.7. The maximum Gasteiger partial charge on any atom is 0.335 e. The van der Waals surface area contributed by atoms with Gasteiger partial charge in [-0.15, -0.1) is 0 Å². The number of methoxy groups -OCH3 is 2. The quantitative estimate of drug-likeness (QED) is 0.171. The number of aromatic hydroxyl groups is 1. The number of carboxylic acids is 1. The number of fused-ring (bicyclic) bond motifs is 2. The number of esters is 1. The molecule has 5 N–H and O–H groups in total. The van der Waals surface area contributed by atoms with Crippen molar-refractivity contribution in [3.8, 4) is 23.0 Å². The number of carbonyl (C=O) groups excluding carboxylic acids is 2. The van der Waals surface area contributed by atoms with Gasteiger partial charge in [0.25, 0.3) is 5.91 Å². The van der Waals surface area contributed by atoms with Gasteiger partial charge in [-0.1, -0.05) is 12.1 Å². The minimum Gasteiger partial charge on any atom is -0.507 e. The van der Waals surface area contributed by atoms with Gasteiger partial charge in [-0.25, -0.2) is 4.79 Å². The molecule has 0 radical (unpaired) electrons. The fraction of sp³-hybridized carbons (Fsp3) is 0.351. The number of nitrogens with zero attached hydrogens (tertiary/aromatic N) is 2. The van der Waals surface area contributed by atoms with Crippen molar-refractivity contribution in [1.82, 2.24) is 4.90 Å². The van der Waals surface area contributed by atoms with Crippen molar-refractivity contribution in [2.75, 3.05) is 14.2 Å². The number of carboxylic acid groups (broad SMARTS) is 1. The molecule has 1 unspecified atom stereocenters. The van der Waals surface area contributed by atoms with Crippen LogP contribution in [-0.2, 0) is 32.1 Å². The third-order valence-electron chi connectivity index (χ3n) is 9.13. The monoisotopic (exact) mass is 718 g/mol. The summed E-state index contributed by atoms with van der Waals surface area (Å²) in [5.41, 5.74) is 3.94. The minimum absolute atomic E-state index is 0.0414. The number of hydrogen-bond donors (Lipinski definition) is 5. The predicted molar refractivity (Wildman–Crippen MR) is 182 cm³/mol. The number of aliphatic carboxylic acids is 1. The second-order valence-corrected chi connectivity index (χ2v) is 12.5. The average molecular weight is 719 g/mol.